The Morgan fingerprint density at radius 2 is 2.57 bits per heavy atom. The maximum atomic E-state index is 4.91. The van der Waals surface area contributed by atoms with Crippen LogP contribution in [0.25, 0.3) is 0 Å². The van der Waals surface area contributed by atoms with Crippen LogP contribution in [0.3, 0.4) is 0 Å². The predicted molar refractivity (Wildman–Crippen MR) is 27.5 cm³/mol. The SMILES string of the molecule is CON1C[CH]CC1. The first-order valence-corrected chi connectivity index (χ1v) is 2.54. The van der Waals surface area contributed by atoms with E-state index in [4.69, 9.17) is 4.84 Å². The molecule has 0 amide bonds. The van der Waals surface area contributed by atoms with Crippen molar-refractivity contribution in [2.45, 2.75) is 6.42 Å². The van der Waals surface area contributed by atoms with Gasteiger partial charge in [-0.15, -0.1) is 0 Å². The number of hydrogen-bond acceptors (Lipinski definition) is 2. The molecule has 1 radical (unpaired) electrons. The molecule has 1 saturated heterocycles. The summed E-state index contributed by atoms with van der Waals surface area (Å²) < 4.78 is 0. The first-order chi connectivity index (χ1) is 3.43. The lowest BCUT2D eigenvalue weighted by Crippen LogP contribution is -2.16. The minimum atomic E-state index is 0.997. The highest BCUT2D eigenvalue weighted by Gasteiger charge is 2.08. The molecule has 0 aliphatic carbocycles. The van der Waals surface area contributed by atoms with Gasteiger partial charge >= 0.3 is 0 Å². The molecule has 2 heteroatoms. The van der Waals surface area contributed by atoms with Crippen molar-refractivity contribution >= 4 is 0 Å². The maximum absolute atomic E-state index is 4.91. The summed E-state index contributed by atoms with van der Waals surface area (Å²) >= 11 is 0. The zero-order valence-corrected chi connectivity index (χ0v) is 4.55. The number of nitrogens with zero attached hydrogens (tertiary/aromatic N) is 1. The molecule has 1 rings (SSSR count). The highest BCUT2D eigenvalue weighted by molar-refractivity contribution is 4.75. The smallest absolute Gasteiger partial charge is 0.0575 e. The van der Waals surface area contributed by atoms with E-state index in [1.54, 1.807) is 7.11 Å². The Kier molecular flexibility index (Phi) is 1.65. The fraction of sp³-hybridized carbons (Fsp3) is 0.800. The molecule has 0 atom stereocenters. The van der Waals surface area contributed by atoms with Gasteiger partial charge in [-0.3, -0.25) is 0 Å². The van der Waals surface area contributed by atoms with Gasteiger partial charge in [0, 0.05) is 13.1 Å². The van der Waals surface area contributed by atoms with Crippen molar-refractivity contribution in [3.63, 3.8) is 0 Å². The summed E-state index contributed by atoms with van der Waals surface area (Å²) in [4.78, 5) is 4.91. The second-order valence-electron chi connectivity index (χ2n) is 1.65. The van der Waals surface area contributed by atoms with E-state index in [1.165, 1.54) is 6.42 Å². The van der Waals surface area contributed by atoms with Crippen molar-refractivity contribution in [3.8, 4) is 0 Å². The summed E-state index contributed by atoms with van der Waals surface area (Å²) in [7, 11) is 1.71. The average molecular weight is 100 g/mol. The summed E-state index contributed by atoms with van der Waals surface area (Å²) in [6.45, 7) is 2.06. The van der Waals surface area contributed by atoms with Crippen LogP contribution in [0.5, 0.6) is 0 Å². The molecule has 1 fully saturated rings. The molecule has 0 N–H and O–H groups in total. The van der Waals surface area contributed by atoms with Crippen molar-refractivity contribution in [1.29, 1.82) is 0 Å². The minimum absolute atomic E-state index is 0.997. The van der Waals surface area contributed by atoms with E-state index in [-0.39, 0.29) is 0 Å². The van der Waals surface area contributed by atoms with Crippen LogP contribution in [0.1, 0.15) is 6.42 Å². The predicted octanol–water partition coefficient (Wildman–Crippen LogP) is 0.458. The van der Waals surface area contributed by atoms with Crippen molar-refractivity contribution in [2.24, 2.45) is 0 Å². The molecule has 7 heavy (non-hydrogen) atoms. The second kappa shape index (κ2) is 2.28. The third-order valence-electron chi connectivity index (χ3n) is 1.17. The quantitative estimate of drug-likeness (QED) is 0.474. The average Bonchev–Trinajstić information content (AvgIpc) is 2.14. The van der Waals surface area contributed by atoms with Gasteiger partial charge in [-0.2, -0.15) is 5.06 Å². The monoisotopic (exact) mass is 100 g/mol. The fourth-order valence-corrected chi connectivity index (χ4v) is 0.728. The van der Waals surface area contributed by atoms with Crippen LogP contribution in [0.4, 0.5) is 0 Å². The Labute approximate surface area is 44.0 Å². The molecule has 0 bridgehead atoms. The summed E-state index contributed by atoms with van der Waals surface area (Å²) in [5.41, 5.74) is 0. The lowest BCUT2D eigenvalue weighted by Gasteiger charge is -2.08. The van der Waals surface area contributed by atoms with Crippen LogP contribution < -0.4 is 0 Å². The molecule has 0 unspecified atom stereocenters. The van der Waals surface area contributed by atoms with Crippen LogP contribution >= 0.6 is 0 Å². The van der Waals surface area contributed by atoms with Crippen LogP contribution in [0.2, 0.25) is 0 Å². The summed E-state index contributed by atoms with van der Waals surface area (Å²) in [5, 5.41) is 1.93. The van der Waals surface area contributed by atoms with E-state index in [0.717, 1.165) is 13.1 Å². The molecule has 0 spiro atoms. The van der Waals surface area contributed by atoms with Gasteiger partial charge in [0.05, 0.1) is 7.11 Å². The summed E-state index contributed by atoms with van der Waals surface area (Å²) in [6, 6.07) is 0. The molecular weight excluding hydrogens is 90.1 g/mol. The molecular formula is C5H10NO. The zero-order chi connectivity index (χ0) is 5.11. The first-order valence-electron chi connectivity index (χ1n) is 2.54. The van der Waals surface area contributed by atoms with Gasteiger partial charge in [0.2, 0.25) is 0 Å². The van der Waals surface area contributed by atoms with Gasteiger partial charge in [0.15, 0.2) is 0 Å². The van der Waals surface area contributed by atoms with Crippen molar-refractivity contribution in [1.82, 2.24) is 5.06 Å². The Morgan fingerprint density at radius 3 is 2.86 bits per heavy atom. The molecule has 41 valence electrons. The van der Waals surface area contributed by atoms with Gasteiger partial charge < -0.3 is 4.84 Å². The van der Waals surface area contributed by atoms with Crippen LogP contribution in [-0.2, 0) is 4.84 Å². The van der Waals surface area contributed by atoms with Crippen LogP contribution in [0, 0.1) is 6.42 Å². The highest BCUT2D eigenvalue weighted by atomic mass is 16.7. The van der Waals surface area contributed by atoms with Gasteiger partial charge in [0.25, 0.3) is 0 Å². The zero-order valence-electron chi connectivity index (χ0n) is 4.55. The van der Waals surface area contributed by atoms with Crippen LogP contribution in [0.15, 0.2) is 0 Å². The molecule has 0 saturated carbocycles. The van der Waals surface area contributed by atoms with Crippen molar-refractivity contribution < 1.29 is 4.84 Å². The normalized spacial score (nSPS) is 23.6. The Bertz CT molecular complexity index is 50.0. The standard InChI is InChI=1S/C5H10NO/c1-7-6-4-2-3-5-6/h2H,3-5H2,1H3. The lowest BCUT2D eigenvalue weighted by molar-refractivity contribution is -0.109. The molecule has 2 nitrogen and oxygen atoms in total. The molecule has 0 aromatic rings. The van der Waals surface area contributed by atoms with Crippen LogP contribution in [-0.4, -0.2) is 25.3 Å². The molecule has 0 aromatic carbocycles. The largest absolute Gasteiger partial charge is 0.302 e. The number of hydroxylamine groups is 2. The number of rotatable bonds is 1. The Morgan fingerprint density at radius 1 is 1.71 bits per heavy atom. The van der Waals surface area contributed by atoms with Crippen molar-refractivity contribution in [3.05, 3.63) is 6.42 Å². The molecule has 0 aromatic heterocycles. The van der Waals surface area contributed by atoms with E-state index in [2.05, 4.69) is 6.42 Å². The molecule has 1 aliphatic rings. The fourth-order valence-electron chi connectivity index (χ4n) is 0.728. The minimum Gasteiger partial charge on any atom is -0.302 e. The molecule has 1 heterocycles. The number of hydrogen-bond donors (Lipinski definition) is 0. The second-order valence-corrected chi connectivity index (χ2v) is 1.65. The third kappa shape index (κ3) is 1.14. The van der Waals surface area contributed by atoms with E-state index in [9.17, 15) is 0 Å². The van der Waals surface area contributed by atoms with Gasteiger partial charge in [-0.05, 0) is 12.8 Å². The van der Waals surface area contributed by atoms with E-state index < -0.39 is 0 Å². The Balaban J connectivity index is 2.14. The highest BCUT2D eigenvalue weighted by Crippen LogP contribution is 2.03. The van der Waals surface area contributed by atoms with Gasteiger partial charge in [0.1, 0.15) is 0 Å². The maximum Gasteiger partial charge on any atom is 0.0575 e. The summed E-state index contributed by atoms with van der Waals surface area (Å²) in [5.74, 6) is 0. The third-order valence-corrected chi connectivity index (χ3v) is 1.17. The first kappa shape index (κ1) is 5.06. The van der Waals surface area contributed by atoms with Gasteiger partial charge in [-0.25, -0.2) is 0 Å². The van der Waals surface area contributed by atoms with E-state index >= 15 is 0 Å². The topological polar surface area (TPSA) is 12.5 Å². The van der Waals surface area contributed by atoms with Crippen molar-refractivity contribution in [2.75, 3.05) is 20.2 Å². The van der Waals surface area contributed by atoms with Gasteiger partial charge in [-0.1, -0.05) is 0 Å². The van der Waals surface area contributed by atoms with E-state index in [0.29, 0.717) is 0 Å². The molecule has 1 aliphatic heterocycles. The summed E-state index contributed by atoms with van der Waals surface area (Å²) in [6.07, 6.45) is 3.39. The van der Waals surface area contributed by atoms with E-state index in [1.807, 2.05) is 5.06 Å². The Hall–Kier alpha value is -0.0800. The lowest BCUT2D eigenvalue weighted by atomic mass is 10.4.